The third kappa shape index (κ3) is 5.67. The number of carboxylic acids is 1. The summed E-state index contributed by atoms with van der Waals surface area (Å²) in [4.78, 5) is 21.9. The van der Waals surface area contributed by atoms with E-state index in [1.807, 2.05) is 13.8 Å². The number of rotatable bonds is 7. The lowest BCUT2D eigenvalue weighted by atomic mass is 10.0. The fourth-order valence-electron chi connectivity index (χ4n) is 1.000. The Kier molecular flexibility index (Phi) is 6.67. The van der Waals surface area contributed by atoms with Crippen molar-refractivity contribution in [3.8, 4) is 0 Å². The molecule has 0 spiro atoms. The highest BCUT2D eigenvalue weighted by atomic mass is 16.5. The van der Waals surface area contributed by atoms with Crippen LogP contribution in [0.15, 0.2) is 0 Å². The first-order valence-electron chi connectivity index (χ1n) is 5.16. The molecule has 94 valence electrons. The summed E-state index contributed by atoms with van der Waals surface area (Å²) in [5.74, 6) is -1.15. The molecule has 0 aliphatic heterocycles. The van der Waals surface area contributed by atoms with E-state index in [-0.39, 0.29) is 30.8 Å². The van der Waals surface area contributed by atoms with Crippen LogP contribution in [0.5, 0.6) is 0 Å². The Morgan fingerprint density at radius 1 is 1.44 bits per heavy atom. The van der Waals surface area contributed by atoms with Gasteiger partial charge in [-0.1, -0.05) is 13.8 Å². The number of ether oxygens (including phenoxy) is 1. The van der Waals surface area contributed by atoms with Crippen LogP contribution < -0.4 is 11.1 Å². The molecule has 1 amide bonds. The largest absolute Gasteiger partial charge is 0.479 e. The molecular weight excluding hydrogens is 212 g/mol. The quantitative estimate of drug-likeness (QED) is 0.553. The molecule has 4 N–H and O–H groups in total. The molecule has 6 heteroatoms. The molecule has 0 aromatic carbocycles. The van der Waals surface area contributed by atoms with Crippen LogP contribution >= 0.6 is 0 Å². The van der Waals surface area contributed by atoms with Gasteiger partial charge in [0.2, 0.25) is 5.91 Å². The van der Waals surface area contributed by atoms with Gasteiger partial charge in [0.05, 0.1) is 6.54 Å². The monoisotopic (exact) mass is 232 g/mol. The fraction of sp³-hybridized carbons (Fsp3) is 0.800. The molecule has 2 unspecified atom stereocenters. The molecule has 2 atom stereocenters. The van der Waals surface area contributed by atoms with Gasteiger partial charge in [-0.05, 0) is 5.92 Å². The first-order chi connectivity index (χ1) is 7.38. The van der Waals surface area contributed by atoms with Crippen LogP contribution in [0.25, 0.3) is 0 Å². The Morgan fingerprint density at radius 2 is 2.00 bits per heavy atom. The minimum absolute atomic E-state index is 0.0461. The van der Waals surface area contributed by atoms with Crippen molar-refractivity contribution in [2.75, 3.05) is 13.7 Å². The summed E-state index contributed by atoms with van der Waals surface area (Å²) in [6.45, 7) is 3.80. The summed E-state index contributed by atoms with van der Waals surface area (Å²) >= 11 is 0. The Hall–Kier alpha value is -1.14. The molecule has 0 aromatic heterocycles. The maximum atomic E-state index is 11.4. The van der Waals surface area contributed by atoms with Crippen molar-refractivity contribution in [3.63, 3.8) is 0 Å². The zero-order valence-corrected chi connectivity index (χ0v) is 9.90. The number of carboxylic acid groups (broad SMARTS) is 1. The molecular formula is C10H20N2O4. The number of aliphatic carboxylic acids is 1. The number of nitrogens with one attached hydrogen (secondary N) is 1. The van der Waals surface area contributed by atoms with Crippen LogP contribution in [0.2, 0.25) is 0 Å². The predicted molar refractivity (Wildman–Crippen MR) is 58.9 cm³/mol. The number of amides is 1. The van der Waals surface area contributed by atoms with E-state index < -0.39 is 12.1 Å². The van der Waals surface area contributed by atoms with Crippen LogP contribution in [0.4, 0.5) is 0 Å². The second-order valence-corrected chi connectivity index (χ2v) is 3.98. The normalized spacial score (nSPS) is 14.6. The Balaban J connectivity index is 3.93. The molecule has 6 nitrogen and oxygen atoms in total. The van der Waals surface area contributed by atoms with E-state index >= 15 is 0 Å². The summed E-state index contributed by atoms with van der Waals surface area (Å²) in [6, 6.07) is -0.217. The summed E-state index contributed by atoms with van der Waals surface area (Å²) in [5.41, 5.74) is 5.71. The van der Waals surface area contributed by atoms with E-state index in [0.717, 1.165) is 0 Å². The van der Waals surface area contributed by atoms with Gasteiger partial charge >= 0.3 is 5.97 Å². The van der Waals surface area contributed by atoms with Crippen molar-refractivity contribution in [2.45, 2.75) is 32.4 Å². The highest BCUT2D eigenvalue weighted by Gasteiger charge is 2.18. The number of hydrogen-bond acceptors (Lipinski definition) is 4. The number of carbonyl (C=O) groups is 2. The highest BCUT2D eigenvalue weighted by Crippen LogP contribution is 2.02. The second kappa shape index (κ2) is 7.19. The van der Waals surface area contributed by atoms with Gasteiger partial charge in [-0.2, -0.15) is 0 Å². The van der Waals surface area contributed by atoms with Crippen LogP contribution in [0.1, 0.15) is 20.3 Å². The molecule has 0 rings (SSSR count). The molecule has 0 radical (unpaired) electrons. The van der Waals surface area contributed by atoms with Crippen molar-refractivity contribution in [1.82, 2.24) is 5.32 Å². The Labute approximate surface area is 95.1 Å². The maximum absolute atomic E-state index is 11.4. The minimum Gasteiger partial charge on any atom is -0.479 e. The minimum atomic E-state index is -1.10. The van der Waals surface area contributed by atoms with Gasteiger partial charge in [0.25, 0.3) is 0 Å². The first-order valence-corrected chi connectivity index (χ1v) is 5.16. The summed E-state index contributed by atoms with van der Waals surface area (Å²) < 4.78 is 4.67. The molecule has 0 fully saturated rings. The van der Waals surface area contributed by atoms with Crippen LogP contribution in [0, 0.1) is 5.92 Å². The van der Waals surface area contributed by atoms with Crippen LogP contribution in [0.3, 0.4) is 0 Å². The van der Waals surface area contributed by atoms with Crippen molar-refractivity contribution in [1.29, 1.82) is 0 Å². The lowest BCUT2D eigenvalue weighted by molar-refractivity contribution is -0.148. The van der Waals surface area contributed by atoms with Gasteiger partial charge in [0.15, 0.2) is 6.10 Å². The standard InChI is InChI=1S/C10H20N2O4/c1-6(2)7(11)4-9(13)12-5-8(16-3)10(14)15/h6-8H,4-5,11H2,1-3H3,(H,12,13)(H,14,15). The molecule has 0 aromatic rings. The molecule has 0 aliphatic carbocycles. The first kappa shape index (κ1) is 14.9. The predicted octanol–water partition coefficient (Wildman–Crippen LogP) is -0.424. The average Bonchev–Trinajstić information content (AvgIpc) is 2.17. The number of methoxy groups -OCH3 is 1. The Bertz CT molecular complexity index is 243. The Morgan fingerprint density at radius 3 is 2.38 bits per heavy atom. The van der Waals surface area contributed by atoms with Crippen molar-refractivity contribution in [2.24, 2.45) is 11.7 Å². The number of carbonyl (C=O) groups excluding carboxylic acids is 1. The second-order valence-electron chi connectivity index (χ2n) is 3.98. The van der Waals surface area contributed by atoms with E-state index in [1.165, 1.54) is 7.11 Å². The molecule has 0 saturated heterocycles. The number of nitrogens with two attached hydrogens (primary N) is 1. The molecule has 0 heterocycles. The van der Waals surface area contributed by atoms with Gasteiger partial charge in [-0.3, -0.25) is 4.79 Å². The lowest BCUT2D eigenvalue weighted by Crippen LogP contribution is -2.40. The van der Waals surface area contributed by atoms with Gasteiger partial charge in [-0.15, -0.1) is 0 Å². The third-order valence-electron chi connectivity index (χ3n) is 2.32. The third-order valence-corrected chi connectivity index (χ3v) is 2.32. The zero-order valence-electron chi connectivity index (χ0n) is 9.90. The fourth-order valence-corrected chi connectivity index (χ4v) is 1.000. The molecule has 0 aliphatic rings. The molecule has 16 heavy (non-hydrogen) atoms. The lowest BCUT2D eigenvalue weighted by Gasteiger charge is -2.16. The van der Waals surface area contributed by atoms with Gasteiger partial charge in [0.1, 0.15) is 0 Å². The number of hydrogen-bond donors (Lipinski definition) is 3. The van der Waals surface area contributed by atoms with E-state index in [1.54, 1.807) is 0 Å². The van der Waals surface area contributed by atoms with Gasteiger partial charge in [-0.25, -0.2) is 4.79 Å². The van der Waals surface area contributed by atoms with Crippen LogP contribution in [-0.4, -0.2) is 42.8 Å². The molecule has 0 bridgehead atoms. The van der Waals surface area contributed by atoms with Crippen LogP contribution in [-0.2, 0) is 14.3 Å². The van der Waals surface area contributed by atoms with Crippen molar-refractivity contribution in [3.05, 3.63) is 0 Å². The summed E-state index contributed by atoms with van der Waals surface area (Å²) in [7, 11) is 1.28. The molecule has 0 saturated carbocycles. The van der Waals surface area contributed by atoms with Crippen molar-refractivity contribution < 1.29 is 19.4 Å². The topological polar surface area (TPSA) is 102 Å². The smallest absolute Gasteiger partial charge is 0.334 e. The van der Waals surface area contributed by atoms with E-state index in [0.29, 0.717) is 0 Å². The maximum Gasteiger partial charge on any atom is 0.334 e. The van der Waals surface area contributed by atoms with E-state index in [4.69, 9.17) is 10.8 Å². The van der Waals surface area contributed by atoms with Gasteiger partial charge < -0.3 is 20.9 Å². The zero-order chi connectivity index (χ0) is 12.7. The van der Waals surface area contributed by atoms with Crippen molar-refractivity contribution >= 4 is 11.9 Å². The van der Waals surface area contributed by atoms with E-state index in [9.17, 15) is 9.59 Å². The van der Waals surface area contributed by atoms with Gasteiger partial charge in [0, 0.05) is 19.6 Å². The van der Waals surface area contributed by atoms with E-state index in [2.05, 4.69) is 10.1 Å². The summed E-state index contributed by atoms with van der Waals surface area (Å²) in [5, 5.41) is 11.1. The average molecular weight is 232 g/mol. The summed E-state index contributed by atoms with van der Waals surface area (Å²) in [6.07, 6.45) is -0.826. The SMILES string of the molecule is COC(CNC(=O)CC(N)C(C)C)C(=O)O. The highest BCUT2D eigenvalue weighted by molar-refractivity contribution is 5.78.